The van der Waals surface area contributed by atoms with E-state index in [0.29, 0.717) is 23.7 Å². The van der Waals surface area contributed by atoms with Gasteiger partial charge in [0.25, 0.3) is 0 Å². The Morgan fingerprint density at radius 1 is 1.10 bits per heavy atom. The van der Waals surface area contributed by atoms with Crippen LogP contribution in [0.25, 0.3) is 6.08 Å². The number of rotatable bonds is 3. The molecule has 0 aliphatic carbocycles. The van der Waals surface area contributed by atoms with E-state index in [2.05, 4.69) is 11.0 Å². The van der Waals surface area contributed by atoms with Gasteiger partial charge in [-0.25, -0.2) is 0 Å². The summed E-state index contributed by atoms with van der Waals surface area (Å²) in [5, 5.41) is 9.61. The first-order valence-corrected chi connectivity index (χ1v) is 10.4. The maximum absolute atomic E-state index is 12.7. The van der Waals surface area contributed by atoms with Crippen molar-refractivity contribution in [2.75, 3.05) is 37.7 Å². The molecule has 0 aromatic heterocycles. The monoisotopic (exact) mass is 419 g/mol. The molecule has 1 saturated heterocycles. The number of nitrogens with zero attached hydrogens (tertiary/aromatic N) is 3. The highest BCUT2D eigenvalue weighted by Gasteiger charge is 2.18. The summed E-state index contributed by atoms with van der Waals surface area (Å²) in [7, 11) is 0. The van der Waals surface area contributed by atoms with Gasteiger partial charge in [-0.15, -0.1) is 0 Å². The minimum Gasteiger partial charge on any atom is -0.488 e. The zero-order valence-corrected chi connectivity index (χ0v) is 17.3. The number of carbonyl (C=O) groups is 1. The minimum absolute atomic E-state index is 0.00877. The molecule has 2 aliphatic rings. The van der Waals surface area contributed by atoms with Crippen LogP contribution >= 0.6 is 11.6 Å². The average molecular weight is 420 g/mol. The van der Waals surface area contributed by atoms with Gasteiger partial charge in [0, 0.05) is 48.5 Å². The third kappa shape index (κ3) is 4.67. The molecule has 152 valence electrons. The SMILES string of the molecule is N#Cc1ccc(N2CCCN(C(=O)/C=C/C3=Cc4cc(Cl)ccc4OC3)CC2)cc1. The van der Waals surface area contributed by atoms with Crippen molar-refractivity contribution in [1.82, 2.24) is 4.90 Å². The van der Waals surface area contributed by atoms with Gasteiger partial charge in [0.1, 0.15) is 12.4 Å². The van der Waals surface area contributed by atoms with Gasteiger partial charge in [-0.1, -0.05) is 17.7 Å². The van der Waals surface area contributed by atoms with E-state index in [1.807, 2.05) is 53.5 Å². The van der Waals surface area contributed by atoms with Crippen molar-refractivity contribution in [2.45, 2.75) is 6.42 Å². The van der Waals surface area contributed by atoms with Gasteiger partial charge in [-0.3, -0.25) is 4.79 Å². The summed E-state index contributed by atoms with van der Waals surface area (Å²) in [6.07, 6.45) is 6.36. The van der Waals surface area contributed by atoms with Crippen LogP contribution < -0.4 is 9.64 Å². The van der Waals surface area contributed by atoms with E-state index >= 15 is 0 Å². The van der Waals surface area contributed by atoms with Crippen molar-refractivity contribution in [3.8, 4) is 11.8 Å². The van der Waals surface area contributed by atoms with Crippen LogP contribution in [0.15, 0.2) is 60.2 Å². The number of benzene rings is 2. The van der Waals surface area contributed by atoms with E-state index in [-0.39, 0.29) is 5.91 Å². The number of hydrogen-bond acceptors (Lipinski definition) is 4. The van der Waals surface area contributed by atoms with Gasteiger partial charge in [0.15, 0.2) is 0 Å². The molecule has 2 heterocycles. The van der Waals surface area contributed by atoms with Crippen molar-refractivity contribution in [3.63, 3.8) is 0 Å². The number of amides is 1. The van der Waals surface area contributed by atoms with Crippen LogP contribution in [-0.4, -0.2) is 43.6 Å². The zero-order chi connectivity index (χ0) is 20.9. The summed E-state index contributed by atoms with van der Waals surface area (Å²) in [5.41, 5.74) is 3.60. The second-order valence-corrected chi connectivity index (χ2v) is 7.78. The Kier molecular flexibility index (Phi) is 6.06. The molecule has 2 aromatic rings. The number of hydrogen-bond donors (Lipinski definition) is 0. The van der Waals surface area contributed by atoms with Gasteiger partial charge < -0.3 is 14.5 Å². The summed E-state index contributed by atoms with van der Waals surface area (Å²) in [4.78, 5) is 16.9. The van der Waals surface area contributed by atoms with Crippen molar-refractivity contribution in [1.29, 1.82) is 5.26 Å². The first kappa shape index (κ1) is 20.1. The topological polar surface area (TPSA) is 56.6 Å². The number of halogens is 1. The molecule has 0 saturated carbocycles. The predicted octanol–water partition coefficient (Wildman–Crippen LogP) is 4.28. The second-order valence-electron chi connectivity index (χ2n) is 7.35. The third-order valence-electron chi connectivity index (χ3n) is 5.32. The Morgan fingerprint density at radius 3 is 2.73 bits per heavy atom. The minimum atomic E-state index is 0.00877. The summed E-state index contributed by atoms with van der Waals surface area (Å²) < 4.78 is 5.74. The molecular weight excluding hydrogens is 398 g/mol. The number of anilines is 1. The lowest BCUT2D eigenvalue weighted by molar-refractivity contribution is -0.125. The molecule has 0 unspecified atom stereocenters. The molecule has 6 heteroatoms. The van der Waals surface area contributed by atoms with E-state index in [1.54, 1.807) is 12.1 Å². The van der Waals surface area contributed by atoms with E-state index in [9.17, 15) is 4.79 Å². The average Bonchev–Trinajstić information content (AvgIpc) is 3.03. The molecule has 0 N–H and O–H groups in total. The van der Waals surface area contributed by atoms with Gasteiger partial charge in [-0.05, 0) is 60.5 Å². The lowest BCUT2D eigenvalue weighted by Crippen LogP contribution is -2.34. The molecular formula is C24H22ClN3O2. The number of ether oxygens (including phenoxy) is 1. The highest BCUT2D eigenvalue weighted by molar-refractivity contribution is 6.30. The molecule has 4 rings (SSSR count). The quantitative estimate of drug-likeness (QED) is 0.696. The highest BCUT2D eigenvalue weighted by atomic mass is 35.5. The Hall–Kier alpha value is -3.23. The van der Waals surface area contributed by atoms with Crippen LogP contribution in [-0.2, 0) is 4.79 Å². The molecule has 2 aliphatic heterocycles. The molecule has 0 spiro atoms. The lowest BCUT2D eigenvalue weighted by atomic mass is 10.1. The number of carbonyl (C=O) groups excluding carboxylic acids is 1. The number of fused-ring (bicyclic) bond motifs is 1. The van der Waals surface area contributed by atoms with E-state index in [4.69, 9.17) is 21.6 Å². The van der Waals surface area contributed by atoms with Gasteiger partial charge in [0.2, 0.25) is 5.91 Å². The Morgan fingerprint density at radius 2 is 1.93 bits per heavy atom. The highest BCUT2D eigenvalue weighted by Crippen LogP contribution is 2.29. The maximum atomic E-state index is 12.7. The standard InChI is InChI=1S/C24H22ClN3O2/c25-21-5-8-23-20(15-21)14-19(17-30-23)4-9-24(29)28-11-1-10-27(12-13-28)22-6-2-18(16-26)3-7-22/h2-9,14-15H,1,10-13,17H2/b9-4+. The van der Waals surface area contributed by atoms with Crippen LogP contribution in [0, 0.1) is 11.3 Å². The van der Waals surface area contributed by atoms with Crippen molar-refractivity contribution >= 4 is 29.3 Å². The van der Waals surface area contributed by atoms with E-state index < -0.39 is 0 Å². The normalized spacial score (nSPS) is 16.3. The van der Waals surface area contributed by atoms with Crippen LogP contribution in [0.4, 0.5) is 5.69 Å². The van der Waals surface area contributed by atoms with Gasteiger partial charge in [0.05, 0.1) is 11.6 Å². The first-order valence-electron chi connectivity index (χ1n) is 9.97. The molecule has 2 aromatic carbocycles. The van der Waals surface area contributed by atoms with E-state index in [1.165, 1.54) is 0 Å². The van der Waals surface area contributed by atoms with Crippen LogP contribution in [0.1, 0.15) is 17.5 Å². The summed E-state index contributed by atoms with van der Waals surface area (Å²) in [5.74, 6) is 0.813. The van der Waals surface area contributed by atoms with Crippen molar-refractivity contribution < 1.29 is 9.53 Å². The Labute approximate surface area is 181 Å². The molecule has 30 heavy (non-hydrogen) atoms. The van der Waals surface area contributed by atoms with Crippen molar-refractivity contribution in [3.05, 3.63) is 76.3 Å². The van der Waals surface area contributed by atoms with Crippen LogP contribution in [0.3, 0.4) is 0 Å². The first-order chi connectivity index (χ1) is 14.6. The maximum Gasteiger partial charge on any atom is 0.246 e. The Balaban J connectivity index is 1.37. The fraction of sp³-hybridized carbons (Fsp3) is 0.250. The molecule has 0 radical (unpaired) electrons. The number of nitriles is 1. The summed E-state index contributed by atoms with van der Waals surface area (Å²) >= 11 is 6.06. The summed E-state index contributed by atoms with van der Waals surface area (Å²) in [6.45, 7) is 3.48. The zero-order valence-electron chi connectivity index (χ0n) is 16.6. The lowest BCUT2D eigenvalue weighted by Gasteiger charge is -2.23. The molecule has 0 bridgehead atoms. The molecule has 1 fully saturated rings. The van der Waals surface area contributed by atoms with Crippen LogP contribution in [0.2, 0.25) is 5.02 Å². The fourth-order valence-corrected chi connectivity index (χ4v) is 3.87. The van der Waals surface area contributed by atoms with Gasteiger partial charge in [-0.2, -0.15) is 5.26 Å². The third-order valence-corrected chi connectivity index (χ3v) is 5.55. The Bertz CT molecular complexity index is 1040. The van der Waals surface area contributed by atoms with Crippen LogP contribution in [0.5, 0.6) is 5.75 Å². The molecule has 1 amide bonds. The largest absolute Gasteiger partial charge is 0.488 e. The summed E-state index contributed by atoms with van der Waals surface area (Å²) in [6, 6.07) is 15.3. The molecule has 0 atom stereocenters. The molecule has 5 nitrogen and oxygen atoms in total. The smallest absolute Gasteiger partial charge is 0.246 e. The van der Waals surface area contributed by atoms with Crippen molar-refractivity contribution in [2.24, 2.45) is 0 Å². The van der Waals surface area contributed by atoms with E-state index in [0.717, 1.165) is 48.6 Å². The predicted molar refractivity (Wildman–Crippen MR) is 119 cm³/mol. The fourth-order valence-electron chi connectivity index (χ4n) is 3.69. The van der Waals surface area contributed by atoms with Gasteiger partial charge >= 0.3 is 0 Å². The second kappa shape index (κ2) is 9.06.